The summed E-state index contributed by atoms with van der Waals surface area (Å²) in [5.41, 5.74) is 1.38. The topological polar surface area (TPSA) is 117 Å². The maximum Gasteiger partial charge on any atom is 0.250 e. The Morgan fingerprint density at radius 3 is 2.45 bits per heavy atom. The number of para-hydroxylation sites is 2. The Kier molecular flexibility index (Phi) is 7.54. The van der Waals surface area contributed by atoms with Crippen molar-refractivity contribution in [3.05, 3.63) is 29.1 Å². The molecule has 0 aliphatic heterocycles. The van der Waals surface area contributed by atoms with E-state index in [1.165, 1.54) is 11.3 Å². The minimum Gasteiger partial charge on any atom is -0.435 e. The number of amides is 2. The lowest BCUT2D eigenvalue weighted by Crippen LogP contribution is -2.50. The summed E-state index contributed by atoms with van der Waals surface area (Å²) in [6.45, 7) is 11.3. The summed E-state index contributed by atoms with van der Waals surface area (Å²) >= 11 is 1.36. The van der Waals surface area contributed by atoms with Crippen LogP contribution < -0.4 is 10.6 Å². The molecule has 33 heavy (non-hydrogen) atoms. The molecule has 2 atom stereocenters. The SMILES string of the molecule is CCCC(NC(=O)C(O)C(C)(C)C)C(=O)Nc1nc(-c2nc3ccccc3o2)c(C(C)C)s1. The van der Waals surface area contributed by atoms with Crippen LogP contribution in [0.3, 0.4) is 0 Å². The van der Waals surface area contributed by atoms with Crippen molar-refractivity contribution in [1.82, 2.24) is 15.3 Å². The summed E-state index contributed by atoms with van der Waals surface area (Å²) in [6.07, 6.45) is -0.0925. The second-order valence-corrected chi connectivity index (χ2v) is 10.5. The van der Waals surface area contributed by atoms with Crippen molar-refractivity contribution < 1.29 is 19.1 Å². The number of aliphatic hydroxyl groups excluding tert-OH is 1. The first-order valence-electron chi connectivity index (χ1n) is 11.2. The van der Waals surface area contributed by atoms with Gasteiger partial charge >= 0.3 is 0 Å². The molecule has 2 aromatic heterocycles. The Morgan fingerprint density at radius 2 is 1.85 bits per heavy atom. The molecule has 3 N–H and O–H groups in total. The Hall–Kier alpha value is -2.78. The van der Waals surface area contributed by atoms with Gasteiger partial charge in [0, 0.05) is 4.88 Å². The Bertz CT molecular complexity index is 1100. The van der Waals surface area contributed by atoms with Gasteiger partial charge in [-0.1, -0.05) is 60.1 Å². The highest BCUT2D eigenvalue weighted by atomic mass is 32.1. The number of fused-ring (bicyclic) bond motifs is 1. The number of benzene rings is 1. The summed E-state index contributed by atoms with van der Waals surface area (Å²) in [4.78, 5) is 35.6. The van der Waals surface area contributed by atoms with Crippen LogP contribution in [0.5, 0.6) is 0 Å². The van der Waals surface area contributed by atoms with Gasteiger partial charge in [0.15, 0.2) is 10.7 Å². The van der Waals surface area contributed by atoms with E-state index in [0.29, 0.717) is 35.1 Å². The number of hydrogen-bond donors (Lipinski definition) is 3. The van der Waals surface area contributed by atoms with Crippen LogP contribution in [0.2, 0.25) is 0 Å². The predicted octanol–water partition coefficient (Wildman–Crippen LogP) is 4.71. The van der Waals surface area contributed by atoms with Crippen LogP contribution in [0.1, 0.15) is 65.2 Å². The second kappa shape index (κ2) is 10.0. The first-order valence-corrected chi connectivity index (χ1v) is 12.0. The molecule has 3 aromatic rings. The molecule has 2 amide bonds. The summed E-state index contributed by atoms with van der Waals surface area (Å²) in [7, 11) is 0. The van der Waals surface area contributed by atoms with Gasteiger partial charge in [-0.05, 0) is 29.9 Å². The Morgan fingerprint density at radius 1 is 1.15 bits per heavy atom. The quantitative estimate of drug-likeness (QED) is 0.437. The van der Waals surface area contributed by atoms with Crippen LogP contribution in [-0.4, -0.2) is 39.0 Å². The van der Waals surface area contributed by atoms with Gasteiger partial charge in [0.05, 0.1) is 0 Å². The van der Waals surface area contributed by atoms with Crippen molar-refractivity contribution in [2.24, 2.45) is 5.41 Å². The first kappa shape index (κ1) is 24.9. The van der Waals surface area contributed by atoms with Gasteiger partial charge in [-0.3, -0.25) is 9.59 Å². The molecular formula is C24H32N4O4S. The Labute approximate surface area is 197 Å². The lowest BCUT2D eigenvalue weighted by Gasteiger charge is -2.26. The first-order chi connectivity index (χ1) is 15.5. The standard InChI is InChI=1S/C24H32N4O4S/c1-7-10-15(25-21(31)19(29)24(4,5)6)20(30)28-23-27-17(18(33-23)13(2)3)22-26-14-11-8-9-12-16(14)32-22/h8-9,11-13,15,19,29H,7,10H2,1-6H3,(H,25,31)(H,27,28,30). The van der Waals surface area contributed by atoms with E-state index in [-0.39, 0.29) is 11.8 Å². The van der Waals surface area contributed by atoms with Crippen LogP contribution in [0.4, 0.5) is 5.13 Å². The van der Waals surface area contributed by atoms with Gasteiger partial charge in [-0.15, -0.1) is 11.3 Å². The molecule has 0 aliphatic rings. The number of carbonyl (C=O) groups is 2. The lowest BCUT2D eigenvalue weighted by atomic mass is 9.88. The van der Waals surface area contributed by atoms with Gasteiger partial charge in [-0.2, -0.15) is 0 Å². The van der Waals surface area contributed by atoms with Gasteiger partial charge in [0.1, 0.15) is 23.4 Å². The van der Waals surface area contributed by atoms with E-state index in [9.17, 15) is 14.7 Å². The summed E-state index contributed by atoms with van der Waals surface area (Å²) in [5.74, 6) is -0.389. The molecule has 0 saturated carbocycles. The van der Waals surface area contributed by atoms with Crippen molar-refractivity contribution in [2.45, 2.75) is 72.4 Å². The fraction of sp³-hybridized carbons (Fsp3) is 0.500. The summed E-state index contributed by atoms with van der Waals surface area (Å²) in [6, 6.07) is 6.71. The van der Waals surface area contributed by atoms with E-state index < -0.39 is 23.5 Å². The highest BCUT2D eigenvalue weighted by Gasteiger charge is 2.32. The summed E-state index contributed by atoms with van der Waals surface area (Å²) < 4.78 is 5.90. The van der Waals surface area contributed by atoms with Crippen LogP contribution in [-0.2, 0) is 9.59 Å². The molecule has 0 fully saturated rings. The zero-order valence-electron chi connectivity index (χ0n) is 19.9. The number of nitrogens with zero attached hydrogens (tertiary/aromatic N) is 2. The number of rotatable bonds is 8. The zero-order valence-corrected chi connectivity index (χ0v) is 20.7. The molecule has 3 rings (SSSR count). The van der Waals surface area contributed by atoms with Gasteiger partial charge in [0.2, 0.25) is 17.7 Å². The van der Waals surface area contributed by atoms with E-state index >= 15 is 0 Å². The van der Waals surface area contributed by atoms with Gasteiger partial charge in [0.25, 0.3) is 0 Å². The molecule has 2 unspecified atom stereocenters. The van der Waals surface area contributed by atoms with Gasteiger partial charge < -0.3 is 20.2 Å². The molecule has 178 valence electrons. The monoisotopic (exact) mass is 472 g/mol. The van der Waals surface area contributed by atoms with Gasteiger partial charge in [-0.25, -0.2) is 9.97 Å². The number of hydrogen-bond acceptors (Lipinski definition) is 7. The molecule has 8 nitrogen and oxygen atoms in total. The number of carbonyl (C=O) groups excluding carboxylic acids is 2. The lowest BCUT2D eigenvalue weighted by molar-refractivity contribution is -0.137. The van der Waals surface area contributed by atoms with Crippen molar-refractivity contribution >= 4 is 39.4 Å². The third-order valence-corrected chi connectivity index (χ3v) is 6.45. The van der Waals surface area contributed by atoms with Crippen molar-refractivity contribution in [3.8, 4) is 11.6 Å². The number of oxazole rings is 1. The molecule has 0 saturated heterocycles. The minimum absolute atomic E-state index is 0.145. The van der Waals surface area contributed by atoms with E-state index in [4.69, 9.17) is 4.42 Å². The highest BCUT2D eigenvalue weighted by molar-refractivity contribution is 7.16. The van der Waals surface area contributed by atoms with E-state index in [0.717, 1.165) is 10.4 Å². The predicted molar refractivity (Wildman–Crippen MR) is 130 cm³/mol. The molecule has 0 radical (unpaired) electrons. The van der Waals surface area contributed by atoms with Crippen LogP contribution in [0.25, 0.3) is 22.7 Å². The van der Waals surface area contributed by atoms with Crippen LogP contribution in [0, 0.1) is 5.41 Å². The van der Waals surface area contributed by atoms with Crippen LogP contribution in [0.15, 0.2) is 28.7 Å². The number of aliphatic hydroxyl groups is 1. The minimum atomic E-state index is -1.22. The fourth-order valence-electron chi connectivity index (χ4n) is 3.30. The van der Waals surface area contributed by atoms with Crippen molar-refractivity contribution in [3.63, 3.8) is 0 Å². The molecule has 9 heteroatoms. The fourth-order valence-corrected chi connectivity index (χ4v) is 4.26. The second-order valence-electron chi connectivity index (χ2n) is 9.48. The maximum absolute atomic E-state index is 13.0. The smallest absolute Gasteiger partial charge is 0.250 e. The van der Waals surface area contributed by atoms with E-state index in [2.05, 4.69) is 20.6 Å². The third-order valence-electron chi connectivity index (χ3n) is 5.18. The van der Waals surface area contributed by atoms with E-state index in [1.807, 2.05) is 45.0 Å². The highest BCUT2D eigenvalue weighted by Crippen LogP contribution is 2.37. The largest absolute Gasteiger partial charge is 0.435 e. The molecule has 0 bridgehead atoms. The molecular weight excluding hydrogens is 440 g/mol. The average Bonchev–Trinajstić information content (AvgIpc) is 3.36. The summed E-state index contributed by atoms with van der Waals surface area (Å²) in [5, 5.41) is 16.2. The molecule has 0 spiro atoms. The van der Waals surface area contributed by atoms with E-state index in [1.54, 1.807) is 20.8 Å². The Balaban J connectivity index is 1.83. The maximum atomic E-state index is 13.0. The molecule has 0 aliphatic carbocycles. The normalized spacial score (nSPS) is 13.8. The third kappa shape index (κ3) is 5.78. The van der Waals surface area contributed by atoms with Crippen LogP contribution >= 0.6 is 11.3 Å². The number of nitrogens with one attached hydrogen (secondary N) is 2. The average molecular weight is 473 g/mol. The number of aromatic nitrogens is 2. The van der Waals surface area contributed by atoms with Crippen molar-refractivity contribution in [1.29, 1.82) is 0 Å². The molecule has 2 heterocycles. The number of anilines is 1. The zero-order chi connectivity index (χ0) is 24.3. The molecule has 1 aromatic carbocycles. The van der Waals surface area contributed by atoms with Crippen molar-refractivity contribution in [2.75, 3.05) is 5.32 Å². The number of thiazole rings is 1.